The number of thiazole rings is 1. The number of hydrogen-bond donors (Lipinski definition) is 1. The molecule has 1 N–H and O–H groups in total. The number of thioether (sulfide) groups is 1. The summed E-state index contributed by atoms with van der Waals surface area (Å²) in [4.78, 5) is 30.0. The van der Waals surface area contributed by atoms with Crippen molar-refractivity contribution in [2.24, 2.45) is 5.92 Å². The van der Waals surface area contributed by atoms with Gasteiger partial charge in [-0.05, 0) is 12.8 Å². The van der Waals surface area contributed by atoms with E-state index in [2.05, 4.69) is 4.98 Å². The van der Waals surface area contributed by atoms with Gasteiger partial charge in [0, 0.05) is 5.75 Å². The SMILES string of the molecule is Cc1ncsc1C(=O)N1C(C(=O)O)CSC1C(C)C. The summed E-state index contributed by atoms with van der Waals surface area (Å²) in [6.07, 6.45) is 0. The van der Waals surface area contributed by atoms with Crippen LogP contribution in [-0.2, 0) is 4.79 Å². The molecule has 19 heavy (non-hydrogen) atoms. The molecule has 1 fully saturated rings. The van der Waals surface area contributed by atoms with Gasteiger partial charge < -0.3 is 10.0 Å². The van der Waals surface area contributed by atoms with E-state index >= 15 is 0 Å². The van der Waals surface area contributed by atoms with Gasteiger partial charge in [-0.15, -0.1) is 23.1 Å². The van der Waals surface area contributed by atoms with E-state index in [9.17, 15) is 14.7 Å². The van der Waals surface area contributed by atoms with Gasteiger partial charge in [0.15, 0.2) is 0 Å². The van der Waals surface area contributed by atoms with E-state index in [4.69, 9.17) is 0 Å². The third-order valence-electron chi connectivity index (χ3n) is 3.06. The Bertz CT molecular complexity index is 501. The number of carboxylic acids is 1. The summed E-state index contributed by atoms with van der Waals surface area (Å²) in [6.45, 7) is 5.77. The lowest BCUT2D eigenvalue weighted by Gasteiger charge is -2.29. The maximum absolute atomic E-state index is 12.6. The van der Waals surface area contributed by atoms with E-state index in [-0.39, 0.29) is 17.2 Å². The van der Waals surface area contributed by atoms with Gasteiger partial charge in [-0.1, -0.05) is 13.8 Å². The molecule has 2 unspecified atom stereocenters. The Morgan fingerprint density at radius 3 is 2.68 bits per heavy atom. The van der Waals surface area contributed by atoms with Gasteiger partial charge >= 0.3 is 5.97 Å². The van der Waals surface area contributed by atoms with E-state index in [0.717, 1.165) is 0 Å². The van der Waals surface area contributed by atoms with Crippen molar-refractivity contribution in [2.75, 3.05) is 5.75 Å². The Kier molecular flexibility index (Phi) is 4.15. The van der Waals surface area contributed by atoms with Crippen molar-refractivity contribution in [1.82, 2.24) is 9.88 Å². The van der Waals surface area contributed by atoms with Crippen LogP contribution < -0.4 is 0 Å². The molecule has 1 aliphatic heterocycles. The molecule has 0 radical (unpaired) electrons. The molecule has 0 saturated carbocycles. The molecule has 0 spiro atoms. The largest absolute Gasteiger partial charge is 0.480 e. The average molecular weight is 300 g/mol. The Hall–Kier alpha value is -1.08. The summed E-state index contributed by atoms with van der Waals surface area (Å²) in [5.74, 6) is -0.490. The van der Waals surface area contributed by atoms with Crippen LogP contribution in [0, 0.1) is 12.8 Å². The molecule has 1 amide bonds. The van der Waals surface area contributed by atoms with Crippen LogP contribution in [0.5, 0.6) is 0 Å². The van der Waals surface area contributed by atoms with Crippen LogP contribution in [0.2, 0.25) is 0 Å². The van der Waals surface area contributed by atoms with E-state index in [1.807, 2.05) is 13.8 Å². The van der Waals surface area contributed by atoms with Crippen molar-refractivity contribution in [3.63, 3.8) is 0 Å². The lowest BCUT2D eigenvalue weighted by molar-refractivity contribution is -0.141. The first kappa shape index (κ1) is 14.3. The van der Waals surface area contributed by atoms with Crippen molar-refractivity contribution in [1.29, 1.82) is 0 Å². The Labute approximate surface area is 120 Å². The molecule has 0 bridgehead atoms. The van der Waals surface area contributed by atoms with Crippen molar-refractivity contribution in [3.05, 3.63) is 16.1 Å². The van der Waals surface area contributed by atoms with Crippen molar-refractivity contribution < 1.29 is 14.7 Å². The number of amides is 1. The average Bonchev–Trinajstić information content (AvgIpc) is 2.93. The number of carbonyl (C=O) groups is 2. The summed E-state index contributed by atoms with van der Waals surface area (Å²) in [7, 11) is 0. The fourth-order valence-corrected chi connectivity index (χ4v) is 4.33. The van der Waals surface area contributed by atoms with E-state index < -0.39 is 12.0 Å². The lowest BCUT2D eigenvalue weighted by atomic mass is 10.1. The first-order valence-electron chi connectivity index (χ1n) is 6.00. The van der Waals surface area contributed by atoms with Gasteiger partial charge in [0.05, 0.1) is 16.6 Å². The third kappa shape index (κ3) is 2.62. The second-order valence-electron chi connectivity index (χ2n) is 4.80. The van der Waals surface area contributed by atoms with Crippen LogP contribution in [0.3, 0.4) is 0 Å². The number of hydrogen-bond acceptors (Lipinski definition) is 5. The lowest BCUT2D eigenvalue weighted by Crippen LogP contribution is -2.47. The van der Waals surface area contributed by atoms with Gasteiger partial charge in [0.25, 0.3) is 5.91 Å². The minimum Gasteiger partial charge on any atom is -0.480 e. The highest BCUT2D eigenvalue weighted by molar-refractivity contribution is 8.00. The first-order valence-corrected chi connectivity index (χ1v) is 7.93. The Morgan fingerprint density at radius 2 is 2.21 bits per heavy atom. The van der Waals surface area contributed by atoms with Crippen LogP contribution in [-0.4, -0.2) is 44.0 Å². The molecule has 2 rings (SSSR count). The fraction of sp³-hybridized carbons (Fsp3) is 0.583. The van der Waals surface area contributed by atoms with Crippen LogP contribution in [0.25, 0.3) is 0 Å². The minimum atomic E-state index is -0.939. The summed E-state index contributed by atoms with van der Waals surface area (Å²) in [5.41, 5.74) is 2.28. The predicted octanol–water partition coefficient (Wildman–Crippen LogP) is 2.08. The summed E-state index contributed by atoms with van der Waals surface area (Å²) < 4.78 is 0. The number of rotatable bonds is 3. The molecular formula is C12H16N2O3S2. The predicted molar refractivity (Wildman–Crippen MR) is 75.5 cm³/mol. The number of aliphatic carboxylic acids is 1. The highest BCUT2D eigenvalue weighted by atomic mass is 32.2. The van der Waals surface area contributed by atoms with Crippen LogP contribution >= 0.6 is 23.1 Å². The summed E-state index contributed by atoms with van der Waals surface area (Å²) in [5, 5.41) is 9.19. The standard InChI is InChI=1S/C12H16N2O3S2/c1-6(2)11-14(8(4-18-11)12(16)17)10(15)9-7(3)13-5-19-9/h5-6,8,11H,4H2,1-3H3,(H,16,17). The maximum Gasteiger partial charge on any atom is 0.327 e. The molecule has 5 nitrogen and oxygen atoms in total. The molecular weight excluding hydrogens is 284 g/mol. The number of nitrogens with zero attached hydrogens (tertiary/aromatic N) is 2. The summed E-state index contributed by atoms with van der Waals surface area (Å²) >= 11 is 2.80. The second kappa shape index (κ2) is 5.50. The van der Waals surface area contributed by atoms with Crippen molar-refractivity contribution in [2.45, 2.75) is 32.2 Å². The third-order valence-corrected chi connectivity index (χ3v) is 5.60. The Balaban J connectivity index is 2.34. The maximum atomic E-state index is 12.6. The highest BCUT2D eigenvalue weighted by Crippen LogP contribution is 2.36. The summed E-state index contributed by atoms with van der Waals surface area (Å²) in [6, 6.07) is -0.744. The second-order valence-corrected chi connectivity index (χ2v) is 6.81. The monoisotopic (exact) mass is 300 g/mol. The zero-order valence-corrected chi connectivity index (χ0v) is 12.6. The molecule has 7 heteroatoms. The number of carbonyl (C=O) groups excluding carboxylic acids is 1. The Morgan fingerprint density at radius 1 is 1.53 bits per heavy atom. The van der Waals surface area contributed by atoms with E-state index in [1.165, 1.54) is 28.0 Å². The molecule has 1 aromatic heterocycles. The number of aryl methyl sites for hydroxylation is 1. The molecule has 104 valence electrons. The number of aromatic nitrogens is 1. The van der Waals surface area contributed by atoms with E-state index in [1.54, 1.807) is 12.4 Å². The molecule has 2 atom stereocenters. The van der Waals surface area contributed by atoms with Gasteiger partial charge in [-0.2, -0.15) is 0 Å². The molecule has 1 aliphatic rings. The number of carboxylic acid groups (broad SMARTS) is 1. The topological polar surface area (TPSA) is 70.5 Å². The zero-order chi connectivity index (χ0) is 14.2. The van der Waals surface area contributed by atoms with Gasteiger partial charge in [0.1, 0.15) is 10.9 Å². The highest BCUT2D eigenvalue weighted by Gasteiger charge is 2.43. The molecule has 2 heterocycles. The smallest absolute Gasteiger partial charge is 0.327 e. The first-order chi connectivity index (χ1) is 8.93. The zero-order valence-electron chi connectivity index (χ0n) is 11.0. The van der Waals surface area contributed by atoms with Gasteiger partial charge in [-0.25, -0.2) is 9.78 Å². The fourth-order valence-electron chi connectivity index (χ4n) is 2.11. The quantitative estimate of drug-likeness (QED) is 0.925. The molecule has 1 aromatic rings. The van der Waals surface area contributed by atoms with Crippen LogP contribution in [0.1, 0.15) is 29.2 Å². The normalized spacial score (nSPS) is 23.1. The van der Waals surface area contributed by atoms with Crippen LogP contribution in [0.4, 0.5) is 0 Å². The molecule has 0 aromatic carbocycles. The van der Waals surface area contributed by atoms with Gasteiger partial charge in [0.2, 0.25) is 0 Å². The van der Waals surface area contributed by atoms with Gasteiger partial charge in [-0.3, -0.25) is 4.79 Å². The molecule has 1 saturated heterocycles. The van der Waals surface area contributed by atoms with Crippen molar-refractivity contribution >= 4 is 35.0 Å². The van der Waals surface area contributed by atoms with E-state index in [0.29, 0.717) is 16.3 Å². The van der Waals surface area contributed by atoms with Crippen LogP contribution in [0.15, 0.2) is 5.51 Å². The van der Waals surface area contributed by atoms with Crippen molar-refractivity contribution in [3.8, 4) is 0 Å². The minimum absolute atomic E-state index is 0.0879. The molecule has 0 aliphatic carbocycles.